The van der Waals surface area contributed by atoms with Crippen molar-refractivity contribution in [2.75, 3.05) is 0 Å². The Morgan fingerprint density at radius 1 is 1.39 bits per heavy atom. The molecule has 1 atom stereocenters. The number of nitrogens with one attached hydrogen (secondary N) is 1. The number of nitrogens with zero attached hydrogens (tertiary/aromatic N) is 1. The summed E-state index contributed by atoms with van der Waals surface area (Å²) in [4.78, 5) is 34.5. The summed E-state index contributed by atoms with van der Waals surface area (Å²) < 4.78 is 6.08. The fraction of sp³-hybridized carbons (Fsp3) is 0.250. The van der Waals surface area contributed by atoms with Gasteiger partial charge in [0.25, 0.3) is 0 Å². The molecule has 18 heavy (non-hydrogen) atoms. The van der Waals surface area contributed by atoms with Gasteiger partial charge in [-0.1, -0.05) is 19.2 Å². The van der Waals surface area contributed by atoms with Gasteiger partial charge < -0.3 is 4.42 Å². The number of carbonyl (C=O) groups excluding carboxylic acids is 2. The monoisotopic (exact) mass is 248 g/mol. The molecule has 0 radical (unpaired) electrons. The van der Waals surface area contributed by atoms with Crippen molar-refractivity contribution in [3.8, 4) is 0 Å². The van der Waals surface area contributed by atoms with Gasteiger partial charge in [0.2, 0.25) is 11.8 Å². The second kappa shape index (κ2) is 4.48. The lowest BCUT2D eigenvalue weighted by Gasteiger charge is -2.20. The third kappa shape index (κ3) is 1.92. The van der Waals surface area contributed by atoms with E-state index in [9.17, 15) is 14.4 Å². The van der Waals surface area contributed by atoms with Crippen LogP contribution in [0.15, 0.2) is 21.9 Å². The molecule has 6 heteroatoms. The second-order valence-electron chi connectivity index (χ2n) is 3.92. The smallest absolute Gasteiger partial charge is 0.408 e. The molecule has 0 saturated carbocycles. The number of piperidine rings is 1. The van der Waals surface area contributed by atoms with Crippen LogP contribution in [0.25, 0.3) is 12.7 Å². The van der Waals surface area contributed by atoms with Crippen molar-refractivity contribution in [1.82, 2.24) is 9.88 Å². The summed E-state index contributed by atoms with van der Waals surface area (Å²) in [6.45, 7) is 7.12. The lowest BCUT2D eigenvalue weighted by atomic mass is 10.1. The Morgan fingerprint density at radius 2 is 2.11 bits per heavy atom. The molecule has 0 bridgehead atoms. The largest absolute Gasteiger partial charge is 0.420 e. The van der Waals surface area contributed by atoms with Crippen molar-refractivity contribution in [3.63, 3.8) is 0 Å². The maximum atomic E-state index is 11.7. The predicted octanol–water partition coefficient (Wildman–Crippen LogP) is -1.20. The number of amides is 2. The van der Waals surface area contributed by atoms with Gasteiger partial charge in [0, 0.05) is 6.42 Å². The minimum absolute atomic E-state index is 0.171. The molecular weight excluding hydrogens is 236 g/mol. The molecule has 1 N–H and O–H groups in total. The van der Waals surface area contributed by atoms with Crippen LogP contribution >= 0.6 is 0 Å². The second-order valence-corrected chi connectivity index (χ2v) is 3.92. The van der Waals surface area contributed by atoms with E-state index in [2.05, 4.69) is 18.5 Å². The molecule has 2 rings (SSSR count). The normalized spacial score (nSPS) is 20.9. The van der Waals surface area contributed by atoms with Crippen LogP contribution in [0.2, 0.25) is 0 Å². The van der Waals surface area contributed by atoms with E-state index in [0.29, 0.717) is 5.35 Å². The standard InChI is InChI=1S/C12H12N2O4/c1-3-4-8-7(2)18-12(17)14(8)9-5-6-10(15)13-11(9)16/h3-4,9H,1-2,5-6H2,(H,13,15,16)/b8-4+. The molecule has 0 aromatic carbocycles. The van der Waals surface area contributed by atoms with Crippen molar-refractivity contribution in [3.05, 3.63) is 34.0 Å². The van der Waals surface area contributed by atoms with Crippen LogP contribution in [-0.2, 0) is 9.59 Å². The molecule has 1 saturated heterocycles. The highest BCUT2D eigenvalue weighted by atomic mass is 16.4. The molecule has 0 spiro atoms. The van der Waals surface area contributed by atoms with E-state index in [1.54, 1.807) is 0 Å². The lowest BCUT2D eigenvalue weighted by Crippen LogP contribution is -2.47. The van der Waals surface area contributed by atoms with Gasteiger partial charge >= 0.3 is 5.76 Å². The Morgan fingerprint density at radius 3 is 2.72 bits per heavy atom. The first-order valence-corrected chi connectivity index (χ1v) is 5.41. The molecule has 1 aromatic heterocycles. The van der Waals surface area contributed by atoms with Gasteiger partial charge in [-0.25, -0.2) is 4.79 Å². The molecule has 0 aliphatic carbocycles. The van der Waals surface area contributed by atoms with E-state index in [1.165, 1.54) is 16.7 Å². The number of imide groups is 1. The van der Waals surface area contributed by atoms with Crippen LogP contribution < -0.4 is 21.8 Å². The van der Waals surface area contributed by atoms with E-state index in [-0.39, 0.29) is 24.2 Å². The van der Waals surface area contributed by atoms with E-state index in [0.717, 1.165) is 0 Å². The first-order valence-electron chi connectivity index (χ1n) is 5.41. The lowest BCUT2D eigenvalue weighted by molar-refractivity contribution is -0.135. The number of hydrogen-bond donors (Lipinski definition) is 1. The molecule has 94 valence electrons. The Bertz CT molecular complexity index is 680. The molecule has 1 aliphatic heterocycles. The first kappa shape index (κ1) is 12.1. The maximum absolute atomic E-state index is 11.7. The van der Waals surface area contributed by atoms with Crippen LogP contribution in [0, 0.1) is 0 Å². The summed E-state index contributed by atoms with van der Waals surface area (Å²) in [5, 5.41) is 2.59. The topological polar surface area (TPSA) is 81.3 Å². The molecular formula is C12H12N2O4. The highest BCUT2D eigenvalue weighted by Crippen LogP contribution is 2.14. The fourth-order valence-electron chi connectivity index (χ4n) is 1.95. The summed E-state index contributed by atoms with van der Waals surface area (Å²) in [6.07, 6.45) is 3.47. The van der Waals surface area contributed by atoms with Crippen LogP contribution in [0.5, 0.6) is 0 Å². The molecule has 1 unspecified atom stereocenters. The Balaban J connectivity index is 2.59. The third-order valence-corrected chi connectivity index (χ3v) is 2.75. The average Bonchev–Trinajstić information content (AvgIpc) is 2.56. The van der Waals surface area contributed by atoms with Crippen molar-refractivity contribution >= 4 is 24.5 Å². The third-order valence-electron chi connectivity index (χ3n) is 2.75. The average molecular weight is 248 g/mol. The zero-order chi connectivity index (χ0) is 13.3. The minimum atomic E-state index is -0.749. The quantitative estimate of drug-likeness (QED) is 0.666. The number of carbonyl (C=O) groups is 2. The highest BCUT2D eigenvalue weighted by Gasteiger charge is 2.30. The number of oxazole rings is 1. The molecule has 1 aromatic rings. The Kier molecular flexibility index (Phi) is 3.01. The van der Waals surface area contributed by atoms with Crippen molar-refractivity contribution < 1.29 is 14.0 Å². The maximum Gasteiger partial charge on any atom is 0.420 e. The van der Waals surface area contributed by atoms with Crippen molar-refractivity contribution in [1.29, 1.82) is 0 Å². The van der Waals surface area contributed by atoms with Gasteiger partial charge in [0.1, 0.15) is 11.5 Å². The van der Waals surface area contributed by atoms with Crippen LogP contribution in [0.4, 0.5) is 0 Å². The minimum Gasteiger partial charge on any atom is -0.408 e. The fourth-order valence-corrected chi connectivity index (χ4v) is 1.95. The predicted molar refractivity (Wildman–Crippen MR) is 63.8 cm³/mol. The molecule has 1 aliphatic rings. The van der Waals surface area contributed by atoms with Crippen molar-refractivity contribution in [2.24, 2.45) is 0 Å². The van der Waals surface area contributed by atoms with E-state index < -0.39 is 17.7 Å². The van der Waals surface area contributed by atoms with Gasteiger partial charge in [-0.3, -0.25) is 19.5 Å². The zero-order valence-corrected chi connectivity index (χ0v) is 9.64. The molecule has 1 fully saturated rings. The number of rotatable bonds is 2. The molecule has 2 heterocycles. The summed E-state index contributed by atoms with van der Waals surface area (Å²) >= 11 is 0. The van der Waals surface area contributed by atoms with Crippen LogP contribution in [-0.4, -0.2) is 16.4 Å². The van der Waals surface area contributed by atoms with E-state index >= 15 is 0 Å². The summed E-state index contributed by atoms with van der Waals surface area (Å²) in [5.41, 5.74) is 0.171. The van der Waals surface area contributed by atoms with Gasteiger partial charge in [-0.2, -0.15) is 0 Å². The number of hydrogen-bond acceptors (Lipinski definition) is 4. The summed E-state index contributed by atoms with van der Waals surface area (Å²) in [5.74, 6) is -1.51. The van der Waals surface area contributed by atoms with E-state index in [4.69, 9.17) is 4.42 Å². The molecule has 2 amide bonds. The number of aromatic nitrogens is 1. The van der Waals surface area contributed by atoms with Crippen molar-refractivity contribution in [2.45, 2.75) is 18.9 Å². The summed E-state index contributed by atoms with van der Waals surface area (Å²) in [7, 11) is 0. The SMILES string of the molecule is C=C/C=c1\c(=C)oc(=O)n1C1CCC(=O)NC1=O. The zero-order valence-electron chi connectivity index (χ0n) is 9.64. The highest BCUT2D eigenvalue weighted by molar-refractivity contribution is 5.99. The van der Waals surface area contributed by atoms with Crippen LogP contribution in [0.1, 0.15) is 18.9 Å². The Labute approximate surface area is 102 Å². The Hall–Kier alpha value is -2.37. The first-order chi connectivity index (χ1) is 8.54. The number of allylic oxidation sites excluding steroid dienone is 1. The van der Waals surface area contributed by atoms with Gasteiger partial charge in [0.15, 0.2) is 0 Å². The van der Waals surface area contributed by atoms with Crippen LogP contribution in [0.3, 0.4) is 0 Å². The van der Waals surface area contributed by atoms with E-state index in [1.807, 2.05) is 0 Å². The van der Waals surface area contributed by atoms with Gasteiger partial charge in [0.05, 0.1) is 5.35 Å². The summed E-state index contributed by atoms with van der Waals surface area (Å²) in [6, 6.07) is -0.749. The van der Waals surface area contributed by atoms with Gasteiger partial charge in [-0.15, -0.1) is 0 Å². The molecule has 6 nitrogen and oxygen atoms in total. The van der Waals surface area contributed by atoms with Gasteiger partial charge in [-0.05, 0) is 12.5 Å².